The molecule has 0 aromatic heterocycles. The zero-order chi connectivity index (χ0) is 14.7. The number of methoxy groups -OCH3 is 1. The normalized spacial score (nSPS) is 13.8. The highest BCUT2D eigenvalue weighted by Gasteiger charge is 2.22. The van der Waals surface area contributed by atoms with Gasteiger partial charge in [0.05, 0.1) is 13.2 Å². The van der Waals surface area contributed by atoms with Crippen molar-refractivity contribution < 1.29 is 9.84 Å². The number of benzene rings is 2. The molecule has 2 atom stereocenters. The molecule has 2 aromatic carbocycles. The van der Waals surface area contributed by atoms with Crippen LogP contribution in [0.15, 0.2) is 46.9 Å². The Hall–Kier alpha value is -1.32. The smallest absolute Gasteiger partial charge is 0.125 e. The molecular weight excluding hydrogens is 316 g/mol. The maximum absolute atomic E-state index is 10.7. The van der Waals surface area contributed by atoms with E-state index in [4.69, 9.17) is 4.74 Å². The molecule has 0 spiro atoms. The predicted molar refractivity (Wildman–Crippen MR) is 85.2 cm³/mol. The fourth-order valence-electron chi connectivity index (χ4n) is 2.29. The monoisotopic (exact) mass is 334 g/mol. The van der Waals surface area contributed by atoms with E-state index < -0.39 is 6.10 Å². The van der Waals surface area contributed by atoms with Crippen LogP contribution in [-0.4, -0.2) is 12.2 Å². The van der Waals surface area contributed by atoms with Crippen LogP contribution < -0.4 is 4.74 Å². The number of rotatable bonds is 4. The molecule has 106 valence electrons. The van der Waals surface area contributed by atoms with Crippen LogP contribution in [0.2, 0.25) is 0 Å². The SMILES string of the molecule is COc1cc(C)c(Br)cc1C(O)C(C)c1ccccc1. The summed E-state index contributed by atoms with van der Waals surface area (Å²) in [5.74, 6) is 0.723. The Kier molecular flexibility index (Phi) is 4.84. The first-order chi connectivity index (χ1) is 9.54. The predicted octanol–water partition coefficient (Wildman–Crippen LogP) is 4.60. The second-order valence-electron chi connectivity index (χ2n) is 4.99. The van der Waals surface area contributed by atoms with E-state index >= 15 is 0 Å². The molecule has 2 rings (SSSR count). The van der Waals surface area contributed by atoms with Gasteiger partial charge in [0.1, 0.15) is 5.75 Å². The van der Waals surface area contributed by atoms with Gasteiger partial charge >= 0.3 is 0 Å². The van der Waals surface area contributed by atoms with E-state index in [1.807, 2.05) is 56.3 Å². The molecule has 3 heteroatoms. The topological polar surface area (TPSA) is 29.5 Å². The van der Waals surface area contributed by atoms with Crippen molar-refractivity contribution >= 4 is 15.9 Å². The van der Waals surface area contributed by atoms with Crippen LogP contribution in [-0.2, 0) is 0 Å². The fraction of sp³-hybridized carbons (Fsp3) is 0.294. The minimum Gasteiger partial charge on any atom is -0.496 e. The molecule has 0 aliphatic carbocycles. The highest BCUT2D eigenvalue weighted by atomic mass is 79.9. The summed E-state index contributed by atoms with van der Waals surface area (Å²) in [7, 11) is 1.63. The number of hydrogen-bond donors (Lipinski definition) is 1. The van der Waals surface area contributed by atoms with Gasteiger partial charge in [0.2, 0.25) is 0 Å². The zero-order valence-corrected chi connectivity index (χ0v) is 13.5. The first kappa shape index (κ1) is 15.1. The Morgan fingerprint density at radius 3 is 2.40 bits per heavy atom. The van der Waals surface area contributed by atoms with Crippen molar-refractivity contribution in [2.24, 2.45) is 0 Å². The lowest BCUT2D eigenvalue weighted by molar-refractivity contribution is 0.148. The quantitative estimate of drug-likeness (QED) is 0.885. The maximum Gasteiger partial charge on any atom is 0.125 e. The molecule has 20 heavy (non-hydrogen) atoms. The van der Waals surface area contributed by atoms with Gasteiger partial charge in [-0.05, 0) is 30.2 Å². The van der Waals surface area contributed by atoms with E-state index in [9.17, 15) is 5.11 Å². The summed E-state index contributed by atoms with van der Waals surface area (Å²) in [6.07, 6.45) is -0.607. The summed E-state index contributed by atoms with van der Waals surface area (Å²) in [5.41, 5.74) is 3.00. The van der Waals surface area contributed by atoms with Gasteiger partial charge in [0.15, 0.2) is 0 Å². The van der Waals surface area contributed by atoms with Gasteiger partial charge in [-0.2, -0.15) is 0 Å². The third kappa shape index (κ3) is 3.05. The van der Waals surface area contributed by atoms with Crippen molar-refractivity contribution in [3.05, 3.63) is 63.6 Å². The van der Waals surface area contributed by atoms with E-state index in [1.165, 1.54) is 0 Å². The molecule has 0 amide bonds. The van der Waals surface area contributed by atoms with Crippen molar-refractivity contribution in [2.45, 2.75) is 25.9 Å². The lowest BCUT2D eigenvalue weighted by Gasteiger charge is -2.22. The highest BCUT2D eigenvalue weighted by molar-refractivity contribution is 9.10. The second kappa shape index (κ2) is 6.42. The van der Waals surface area contributed by atoms with Crippen LogP contribution in [0, 0.1) is 6.92 Å². The summed E-state index contributed by atoms with van der Waals surface area (Å²) in [6, 6.07) is 13.9. The van der Waals surface area contributed by atoms with E-state index in [0.717, 1.165) is 26.9 Å². The first-order valence-corrected chi connectivity index (χ1v) is 7.41. The van der Waals surface area contributed by atoms with Gasteiger partial charge in [0.25, 0.3) is 0 Å². The number of aliphatic hydroxyl groups is 1. The van der Waals surface area contributed by atoms with Crippen LogP contribution >= 0.6 is 15.9 Å². The highest BCUT2D eigenvalue weighted by Crippen LogP contribution is 2.38. The molecule has 0 saturated heterocycles. The van der Waals surface area contributed by atoms with Gasteiger partial charge in [-0.15, -0.1) is 0 Å². The third-order valence-corrected chi connectivity index (χ3v) is 4.48. The third-order valence-electron chi connectivity index (χ3n) is 3.63. The molecule has 0 fully saturated rings. The lowest BCUT2D eigenvalue weighted by Crippen LogP contribution is -2.09. The summed E-state index contributed by atoms with van der Waals surface area (Å²) in [6.45, 7) is 4.02. The number of aliphatic hydroxyl groups excluding tert-OH is 1. The van der Waals surface area contributed by atoms with Gasteiger partial charge < -0.3 is 9.84 Å². The molecule has 2 aromatic rings. The zero-order valence-electron chi connectivity index (χ0n) is 11.9. The average molecular weight is 335 g/mol. The maximum atomic E-state index is 10.7. The van der Waals surface area contributed by atoms with Crippen LogP contribution in [0.5, 0.6) is 5.75 Å². The Bertz CT molecular complexity index is 581. The molecule has 0 heterocycles. The summed E-state index contributed by atoms with van der Waals surface area (Å²) >= 11 is 3.52. The largest absolute Gasteiger partial charge is 0.496 e. The van der Waals surface area contributed by atoms with Gasteiger partial charge in [-0.25, -0.2) is 0 Å². The minimum absolute atomic E-state index is 0.000272. The molecule has 1 N–H and O–H groups in total. The van der Waals surface area contributed by atoms with Crippen molar-refractivity contribution in [1.29, 1.82) is 0 Å². The van der Waals surface area contributed by atoms with Crippen LogP contribution in [0.4, 0.5) is 0 Å². The molecule has 2 unspecified atom stereocenters. The minimum atomic E-state index is -0.607. The van der Waals surface area contributed by atoms with E-state index in [0.29, 0.717) is 0 Å². The molecular formula is C17H19BrO2. The Balaban J connectivity index is 2.38. The number of ether oxygens (including phenoxy) is 1. The molecule has 0 bridgehead atoms. The van der Waals surface area contributed by atoms with Crippen molar-refractivity contribution in [1.82, 2.24) is 0 Å². The van der Waals surface area contributed by atoms with Crippen molar-refractivity contribution in [2.75, 3.05) is 7.11 Å². The van der Waals surface area contributed by atoms with Crippen LogP contribution in [0.25, 0.3) is 0 Å². The second-order valence-corrected chi connectivity index (χ2v) is 5.84. The van der Waals surface area contributed by atoms with E-state index in [-0.39, 0.29) is 5.92 Å². The summed E-state index contributed by atoms with van der Waals surface area (Å²) < 4.78 is 6.39. The molecule has 0 saturated carbocycles. The summed E-state index contributed by atoms with van der Waals surface area (Å²) in [5, 5.41) is 10.7. The van der Waals surface area contributed by atoms with Crippen LogP contribution in [0.3, 0.4) is 0 Å². The standard InChI is InChI=1S/C17H19BrO2/c1-11-9-16(20-3)14(10-15(11)18)17(19)12(2)13-7-5-4-6-8-13/h4-10,12,17,19H,1-3H3. The molecule has 0 aliphatic rings. The Morgan fingerprint density at radius 2 is 1.80 bits per heavy atom. The van der Waals surface area contributed by atoms with Crippen molar-refractivity contribution in [3.8, 4) is 5.75 Å². The fourth-order valence-corrected chi connectivity index (χ4v) is 2.65. The Morgan fingerprint density at radius 1 is 1.15 bits per heavy atom. The van der Waals surface area contributed by atoms with Gasteiger partial charge in [-0.1, -0.05) is 53.2 Å². The van der Waals surface area contributed by atoms with Crippen LogP contribution in [0.1, 0.15) is 35.6 Å². The number of halogens is 1. The molecule has 0 radical (unpaired) electrons. The number of aryl methyl sites for hydroxylation is 1. The Labute approximate surface area is 128 Å². The molecule has 0 aliphatic heterocycles. The average Bonchev–Trinajstić information content (AvgIpc) is 2.49. The van der Waals surface area contributed by atoms with E-state index in [1.54, 1.807) is 7.11 Å². The van der Waals surface area contributed by atoms with Gasteiger partial charge in [-0.3, -0.25) is 0 Å². The first-order valence-electron chi connectivity index (χ1n) is 6.61. The van der Waals surface area contributed by atoms with E-state index in [2.05, 4.69) is 15.9 Å². The summed E-state index contributed by atoms with van der Waals surface area (Å²) in [4.78, 5) is 0. The number of hydrogen-bond acceptors (Lipinski definition) is 2. The lowest BCUT2D eigenvalue weighted by atomic mass is 9.90. The van der Waals surface area contributed by atoms with Crippen molar-refractivity contribution in [3.63, 3.8) is 0 Å². The molecule has 2 nitrogen and oxygen atoms in total. The van der Waals surface area contributed by atoms with Gasteiger partial charge in [0, 0.05) is 16.0 Å².